The number of nitrogens with one attached hydrogen (secondary N) is 2. The summed E-state index contributed by atoms with van der Waals surface area (Å²) in [7, 11) is 1.56. The summed E-state index contributed by atoms with van der Waals surface area (Å²) in [4.78, 5) is 28.9. The number of methoxy groups -OCH3 is 1. The Morgan fingerprint density at radius 2 is 1.94 bits per heavy atom. The van der Waals surface area contributed by atoms with Crippen LogP contribution in [0.5, 0.6) is 5.75 Å². The first-order valence-electron chi connectivity index (χ1n) is 11.9. The molecule has 36 heavy (non-hydrogen) atoms. The second-order valence-electron chi connectivity index (χ2n) is 9.25. The first-order valence-corrected chi connectivity index (χ1v) is 13.1. The maximum atomic E-state index is 13.4. The lowest BCUT2D eigenvalue weighted by Crippen LogP contribution is -2.51. The van der Waals surface area contributed by atoms with Crippen molar-refractivity contribution in [2.24, 2.45) is 0 Å². The van der Waals surface area contributed by atoms with Gasteiger partial charge in [0.25, 0.3) is 5.91 Å². The van der Waals surface area contributed by atoms with E-state index in [1.165, 1.54) is 29.9 Å². The van der Waals surface area contributed by atoms with Crippen molar-refractivity contribution in [3.8, 4) is 16.9 Å². The van der Waals surface area contributed by atoms with Crippen LogP contribution in [0.1, 0.15) is 28.9 Å². The van der Waals surface area contributed by atoms with Crippen molar-refractivity contribution >= 4 is 49.9 Å². The Labute approximate surface area is 217 Å². The number of pyridine rings is 2. The summed E-state index contributed by atoms with van der Waals surface area (Å²) < 4.78 is 6.51. The zero-order valence-corrected chi connectivity index (χ0v) is 21.5. The molecular weight excluding hydrogens is 496 g/mol. The number of piperazine rings is 1. The number of rotatable bonds is 5. The van der Waals surface area contributed by atoms with Crippen LogP contribution < -0.4 is 20.3 Å². The van der Waals surface area contributed by atoms with Gasteiger partial charge < -0.3 is 15.0 Å². The first kappa shape index (κ1) is 23.1. The van der Waals surface area contributed by atoms with Crippen molar-refractivity contribution in [3.63, 3.8) is 0 Å². The van der Waals surface area contributed by atoms with Crippen LogP contribution in [0.25, 0.3) is 21.3 Å². The van der Waals surface area contributed by atoms with Crippen LogP contribution in [0.15, 0.2) is 42.7 Å². The Kier molecular flexibility index (Phi) is 5.99. The molecule has 2 aliphatic heterocycles. The smallest absolute Gasteiger partial charge is 0.259 e. The lowest BCUT2D eigenvalue weighted by molar-refractivity contribution is 0.102. The molecule has 2 saturated heterocycles. The highest BCUT2D eigenvalue weighted by Gasteiger charge is 2.32. The van der Waals surface area contributed by atoms with Gasteiger partial charge in [0.1, 0.15) is 10.9 Å². The number of anilines is 2. The van der Waals surface area contributed by atoms with Gasteiger partial charge in [-0.3, -0.25) is 15.1 Å². The van der Waals surface area contributed by atoms with Crippen molar-refractivity contribution in [1.82, 2.24) is 20.3 Å². The first-order chi connectivity index (χ1) is 17.5. The zero-order chi connectivity index (χ0) is 24.8. The van der Waals surface area contributed by atoms with E-state index in [4.69, 9.17) is 16.3 Å². The molecule has 1 aromatic carbocycles. The number of ether oxygens (including phenoxy) is 1. The average molecular weight is 521 g/mol. The van der Waals surface area contributed by atoms with Gasteiger partial charge in [-0.05, 0) is 50.1 Å². The van der Waals surface area contributed by atoms with Crippen LogP contribution in [-0.2, 0) is 0 Å². The largest absolute Gasteiger partial charge is 0.494 e. The zero-order valence-electron chi connectivity index (χ0n) is 19.9. The molecule has 0 spiro atoms. The van der Waals surface area contributed by atoms with Crippen molar-refractivity contribution in [3.05, 3.63) is 59.1 Å². The van der Waals surface area contributed by atoms with Gasteiger partial charge in [-0.1, -0.05) is 22.9 Å². The number of fused-ring (bicyclic) bond motifs is 3. The van der Waals surface area contributed by atoms with E-state index in [1.807, 2.05) is 19.1 Å². The number of carbonyl (C=O) groups is 1. The fourth-order valence-electron chi connectivity index (χ4n) is 5.09. The van der Waals surface area contributed by atoms with E-state index in [0.29, 0.717) is 44.8 Å². The van der Waals surface area contributed by atoms with Gasteiger partial charge in [0.05, 0.1) is 29.1 Å². The van der Waals surface area contributed by atoms with E-state index in [1.54, 1.807) is 25.6 Å². The standard InChI is InChI=1S/C26H25ClN6O2S/c1-14-7-18(19-9-24(27)29-11-22(19)35-2)20(10-28-14)25(34)32-26-31-21-6-5-17(8-23(21)36-26)33-12-15-3-4-16(13-33)30-15/h5-11,15-16,30H,3-4,12-13H2,1-2H3,(H,31,32,34). The van der Waals surface area contributed by atoms with Crippen molar-refractivity contribution < 1.29 is 9.53 Å². The molecule has 2 bridgehead atoms. The average Bonchev–Trinajstić information content (AvgIpc) is 3.44. The van der Waals surface area contributed by atoms with Gasteiger partial charge in [0.15, 0.2) is 5.13 Å². The molecule has 4 aromatic rings. The number of aryl methyl sites for hydroxylation is 1. The molecule has 2 unspecified atom stereocenters. The Morgan fingerprint density at radius 3 is 2.72 bits per heavy atom. The van der Waals surface area contributed by atoms with Crippen LogP contribution in [0.3, 0.4) is 0 Å². The van der Waals surface area contributed by atoms with Gasteiger partial charge in [-0.25, -0.2) is 9.97 Å². The third-order valence-electron chi connectivity index (χ3n) is 6.80. The van der Waals surface area contributed by atoms with E-state index in [9.17, 15) is 4.79 Å². The number of hydrogen-bond donors (Lipinski definition) is 2. The molecule has 0 saturated carbocycles. The number of carbonyl (C=O) groups excluding carboxylic acids is 1. The summed E-state index contributed by atoms with van der Waals surface area (Å²) in [5, 5.41) is 7.50. The van der Waals surface area contributed by atoms with Gasteiger partial charge >= 0.3 is 0 Å². The van der Waals surface area contributed by atoms with E-state index in [2.05, 4.69) is 42.6 Å². The molecule has 0 aliphatic carbocycles. The van der Waals surface area contributed by atoms with Gasteiger partial charge in [-0.2, -0.15) is 0 Å². The second kappa shape index (κ2) is 9.31. The quantitative estimate of drug-likeness (QED) is 0.361. The maximum absolute atomic E-state index is 13.4. The van der Waals surface area contributed by atoms with Crippen LogP contribution in [-0.4, -0.2) is 53.1 Å². The topological polar surface area (TPSA) is 92.3 Å². The van der Waals surface area contributed by atoms with Crippen LogP contribution in [0.4, 0.5) is 10.8 Å². The molecule has 2 N–H and O–H groups in total. The summed E-state index contributed by atoms with van der Waals surface area (Å²) in [5.41, 5.74) is 4.57. The number of aromatic nitrogens is 3. The SMILES string of the molecule is COc1cnc(Cl)cc1-c1cc(C)ncc1C(=O)Nc1nc2ccc(N3CC4CCC(C3)N4)cc2s1. The van der Waals surface area contributed by atoms with E-state index in [0.717, 1.165) is 29.0 Å². The molecule has 3 aromatic heterocycles. The summed E-state index contributed by atoms with van der Waals surface area (Å²) in [5.74, 6) is 0.221. The summed E-state index contributed by atoms with van der Waals surface area (Å²) in [6.45, 7) is 3.92. The summed E-state index contributed by atoms with van der Waals surface area (Å²) >= 11 is 7.63. The van der Waals surface area contributed by atoms with Crippen LogP contribution in [0.2, 0.25) is 5.15 Å². The van der Waals surface area contributed by atoms with E-state index < -0.39 is 0 Å². The molecule has 10 heteroatoms. The highest BCUT2D eigenvalue weighted by Crippen LogP contribution is 2.35. The number of halogens is 1. The minimum Gasteiger partial charge on any atom is -0.494 e. The van der Waals surface area contributed by atoms with Gasteiger partial charge in [0, 0.05) is 53.9 Å². The number of amides is 1. The number of hydrogen-bond acceptors (Lipinski definition) is 8. The third-order valence-corrected chi connectivity index (χ3v) is 7.94. The molecule has 2 atom stereocenters. The fourth-order valence-corrected chi connectivity index (χ4v) is 6.14. The van der Waals surface area contributed by atoms with Crippen LogP contribution in [0, 0.1) is 6.92 Å². The Morgan fingerprint density at radius 1 is 1.14 bits per heavy atom. The minimum absolute atomic E-state index is 0.301. The number of nitrogens with zero attached hydrogens (tertiary/aromatic N) is 4. The normalized spacial score (nSPS) is 19.0. The van der Waals surface area contributed by atoms with E-state index >= 15 is 0 Å². The van der Waals surface area contributed by atoms with Gasteiger partial charge in [0.2, 0.25) is 0 Å². The predicted octanol–water partition coefficient (Wildman–Crippen LogP) is 4.92. The predicted molar refractivity (Wildman–Crippen MR) is 143 cm³/mol. The number of benzene rings is 1. The van der Waals surface area contributed by atoms with Crippen molar-refractivity contribution in [2.45, 2.75) is 31.8 Å². The molecule has 2 fully saturated rings. The van der Waals surface area contributed by atoms with E-state index in [-0.39, 0.29) is 5.91 Å². The monoisotopic (exact) mass is 520 g/mol. The summed E-state index contributed by atoms with van der Waals surface area (Å²) in [6, 6.07) is 11.0. The third kappa shape index (κ3) is 4.38. The molecular formula is C26H25ClN6O2S. The molecule has 0 radical (unpaired) electrons. The Balaban J connectivity index is 1.28. The van der Waals surface area contributed by atoms with Crippen molar-refractivity contribution in [2.75, 3.05) is 30.4 Å². The van der Waals surface area contributed by atoms with Crippen LogP contribution >= 0.6 is 22.9 Å². The highest BCUT2D eigenvalue weighted by molar-refractivity contribution is 7.22. The highest BCUT2D eigenvalue weighted by atomic mass is 35.5. The fraction of sp³-hybridized carbons (Fsp3) is 0.308. The second-order valence-corrected chi connectivity index (χ2v) is 10.7. The Bertz CT molecular complexity index is 1460. The molecule has 184 valence electrons. The number of thiazole rings is 1. The summed E-state index contributed by atoms with van der Waals surface area (Å²) in [6.07, 6.45) is 5.60. The molecule has 5 heterocycles. The molecule has 6 rings (SSSR count). The van der Waals surface area contributed by atoms with Gasteiger partial charge in [-0.15, -0.1) is 0 Å². The maximum Gasteiger partial charge on any atom is 0.259 e. The minimum atomic E-state index is -0.301. The lowest BCUT2D eigenvalue weighted by Gasteiger charge is -2.34. The lowest BCUT2D eigenvalue weighted by atomic mass is 10.0. The molecule has 1 amide bonds. The molecule has 2 aliphatic rings. The Hall–Kier alpha value is -3.27. The molecule has 8 nitrogen and oxygen atoms in total. The van der Waals surface area contributed by atoms with Crippen molar-refractivity contribution in [1.29, 1.82) is 0 Å².